The summed E-state index contributed by atoms with van der Waals surface area (Å²) >= 11 is 5.79. The predicted molar refractivity (Wildman–Crippen MR) is 65.4 cm³/mol. The molecule has 4 heteroatoms. The van der Waals surface area contributed by atoms with Gasteiger partial charge in [-0.15, -0.1) is 0 Å². The molecule has 1 heterocycles. The normalized spacial score (nSPS) is 10.7. The third-order valence-electron chi connectivity index (χ3n) is 2.02. The number of hydrogen-bond acceptors (Lipinski definition) is 3. The molecule has 0 radical (unpaired) electrons. The summed E-state index contributed by atoms with van der Waals surface area (Å²) in [6, 6.07) is 3.79. The summed E-state index contributed by atoms with van der Waals surface area (Å²) in [7, 11) is 0. The first-order chi connectivity index (χ1) is 7.13. The van der Waals surface area contributed by atoms with E-state index >= 15 is 0 Å². The van der Waals surface area contributed by atoms with Gasteiger partial charge in [0.1, 0.15) is 5.82 Å². The van der Waals surface area contributed by atoms with Crippen molar-refractivity contribution in [1.82, 2.24) is 4.98 Å². The molecular weight excluding hydrogens is 210 g/mol. The van der Waals surface area contributed by atoms with Crippen molar-refractivity contribution >= 4 is 17.4 Å². The average molecular weight is 228 g/mol. The highest BCUT2D eigenvalue weighted by molar-refractivity contribution is 6.30. The summed E-state index contributed by atoms with van der Waals surface area (Å²) < 4.78 is 0. The van der Waals surface area contributed by atoms with E-state index in [2.05, 4.69) is 23.7 Å². The van der Waals surface area contributed by atoms with Gasteiger partial charge in [0.15, 0.2) is 0 Å². The van der Waals surface area contributed by atoms with Crippen molar-refractivity contribution in [1.29, 1.82) is 0 Å². The fourth-order valence-electron chi connectivity index (χ4n) is 1.45. The molecule has 0 saturated carbocycles. The van der Waals surface area contributed by atoms with Crippen LogP contribution in [0.1, 0.15) is 13.8 Å². The van der Waals surface area contributed by atoms with E-state index in [9.17, 15) is 0 Å². The summed E-state index contributed by atoms with van der Waals surface area (Å²) in [5, 5.41) is 0.663. The number of hydrogen-bond donors (Lipinski definition) is 1. The summed E-state index contributed by atoms with van der Waals surface area (Å²) in [6.07, 6.45) is 1.67. The molecule has 0 unspecified atom stereocenters. The van der Waals surface area contributed by atoms with Gasteiger partial charge in [0.2, 0.25) is 0 Å². The number of aromatic nitrogens is 1. The molecule has 0 spiro atoms. The molecule has 0 bridgehead atoms. The Kier molecular flexibility index (Phi) is 4.85. The molecule has 1 aromatic heterocycles. The minimum absolute atomic E-state index is 0.592. The van der Waals surface area contributed by atoms with Crippen LogP contribution in [-0.4, -0.2) is 24.6 Å². The number of nitrogens with zero attached hydrogens (tertiary/aromatic N) is 2. The Hall–Kier alpha value is -0.800. The van der Waals surface area contributed by atoms with Crippen LogP contribution in [0.5, 0.6) is 0 Å². The van der Waals surface area contributed by atoms with Crippen LogP contribution in [0.4, 0.5) is 5.82 Å². The second-order valence-electron chi connectivity index (χ2n) is 3.96. The topological polar surface area (TPSA) is 42.1 Å². The largest absolute Gasteiger partial charge is 0.355 e. The molecule has 1 aromatic rings. The zero-order valence-corrected chi connectivity index (χ0v) is 10.0. The minimum Gasteiger partial charge on any atom is -0.355 e. The van der Waals surface area contributed by atoms with Crippen LogP contribution >= 0.6 is 11.6 Å². The van der Waals surface area contributed by atoms with Gasteiger partial charge < -0.3 is 10.6 Å². The fraction of sp³-hybridized carbons (Fsp3) is 0.545. The quantitative estimate of drug-likeness (QED) is 0.838. The van der Waals surface area contributed by atoms with E-state index in [-0.39, 0.29) is 0 Å². The Morgan fingerprint density at radius 3 is 2.67 bits per heavy atom. The van der Waals surface area contributed by atoms with Crippen molar-refractivity contribution in [3.8, 4) is 0 Å². The summed E-state index contributed by atoms with van der Waals surface area (Å²) in [4.78, 5) is 6.47. The van der Waals surface area contributed by atoms with Gasteiger partial charge in [-0.25, -0.2) is 4.98 Å². The molecule has 1 rings (SSSR count). The smallest absolute Gasteiger partial charge is 0.128 e. The van der Waals surface area contributed by atoms with Crippen LogP contribution in [-0.2, 0) is 0 Å². The Morgan fingerprint density at radius 1 is 1.47 bits per heavy atom. The molecule has 0 fully saturated rings. The number of nitrogens with two attached hydrogens (primary N) is 1. The van der Waals surface area contributed by atoms with Gasteiger partial charge in [-0.2, -0.15) is 0 Å². The Morgan fingerprint density at radius 2 is 2.20 bits per heavy atom. The fourth-order valence-corrected chi connectivity index (χ4v) is 1.56. The highest BCUT2D eigenvalue weighted by Gasteiger charge is 2.08. The number of rotatable bonds is 5. The van der Waals surface area contributed by atoms with Gasteiger partial charge >= 0.3 is 0 Å². The first kappa shape index (κ1) is 12.3. The third-order valence-corrected chi connectivity index (χ3v) is 2.24. The highest BCUT2D eigenvalue weighted by Crippen LogP contribution is 2.15. The van der Waals surface area contributed by atoms with E-state index in [1.807, 2.05) is 12.1 Å². The second kappa shape index (κ2) is 5.93. The van der Waals surface area contributed by atoms with E-state index < -0.39 is 0 Å². The molecule has 0 atom stereocenters. The van der Waals surface area contributed by atoms with E-state index in [1.54, 1.807) is 6.20 Å². The Balaban J connectivity index is 2.74. The van der Waals surface area contributed by atoms with Gasteiger partial charge in [0.05, 0.1) is 5.02 Å². The maximum Gasteiger partial charge on any atom is 0.128 e. The monoisotopic (exact) mass is 227 g/mol. The van der Waals surface area contributed by atoms with Gasteiger partial charge in [0.25, 0.3) is 0 Å². The maximum absolute atomic E-state index is 5.79. The molecule has 0 aliphatic carbocycles. The van der Waals surface area contributed by atoms with Crippen LogP contribution in [0.3, 0.4) is 0 Å². The van der Waals surface area contributed by atoms with E-state index in [0.29, 0.717) is 17.5 Å². The Bertz CT molecular complexity index is 284. The van der Waals surface area contributed by atoms with Crippen molar-refractivity contribution in [3.63, 3.8) is 0 Å². The number of pyridine rings is 1. The molecule has 15 heavy (non-hydrogen) atoms. The average Bonchev–Trinajstić information content (AvgIpc) is 2.17. The molecule has 2 N–H and O–H groups in total. The maximum atomic E-state index is 5.79. The number of halogens is 1. The third kappa shape index (κ3) is 4.06. The summed E-state index contributed by atoms with van der Waals surface area (Å²) in [5.74, 6) is 1.53. The zero-order valence-electron chi connectivity index (χ0n) is 9.28. The highest BCUT2D eigenvalue weighted by atomic mass is 35.5. The molecule has 3 nitrogen and oxygen atoms in total. The molecule has 0 aliphatic rings. The lowest BCUT2D eigenvalue weighted by Crippen LogP contribution is -2.33. The van der Waals surface area contributed by atoms with E-state index in [4.69, 9.17) is 17.3 Å². The van der Waals surface area contributed by atoms with Gasteiger partial charge in [0, 0.05) is 25.8 Å². The van der Waals surface area contributed by atoms with Crippen molar-refractivity contribution in [2.45, 2.75) is 13.8 Å². The van der Waals surface area contributed by atoms with Crippen LogP contribution < -0.4 is 10.6 Å². The zero-order chi connectivity index (χ0) is 11.3. The van der Waals surface area contributed by atoms with Crippen molar-refractivity contribution in [2.75, 3.05) is 24.5 Å². The van der Waals surface area contributed by atoms with Crippen LogP contribution in [0.2, 0.25) is 5.02 Å². The van der Waals surface area contributed by atoms with Crippen molar-refractivity contribution < 1.29 is 0 Å². The van der Waals surface area contributed by atoms with E-state index in [1.165, 1.54) is 0 Å². The molecule has 0 aromatic carbocycles. The molecular formula is C11H18ClN3. The second-order valence-corrected chi connectivity index (χ2v) is 4.40. The SMILES string of the molecule is CC(C)CN(CCN)c1ccc(Cl)cn1. The minimum atomic E-state index is 0.592. The Labute approximate surface area is 96.2 Å². The van der Waals surface area contributed by atoms with Crippen LogP contribution in [0, 0.1) is 5.92 Å². The standard InChI is InChI=1S/C11H18ClN3/c1-9(2)8-15(6-5-13)11-4-3-10(12)7-14-11/h3-4,7,9H,5-6,8,13H2,1-2H3. The lowest BCUT2D eigenvalue weighted by molar-refractivity contribution is 0.607. The van der Waals surface area contributed by atoms with Gasteiger partial charge in [-0.1, -0.05) is 25.4 Å². The molecule has 84 valence electrons. The molecule has 0 amide bonds. The molecule has 0 saturated heterocycles. The lowest BCUT2D eigenvalue weighted by Gasteiger charge is -2.24. The summed E-state index contributed by atoms with van der Waals surface area (Å²) in [5.41, 5.74) is 5.58. The van der Waals surface area contributed by atoms with E-state index in [0.717, 1.165) is 18.9 Å². The number of anilines is 1. The van der Waals surface area contributed by atoms with Crippen molar-refractivity contribution in [2.24, 2.45) is 11.7 Å². The van der Waals surface area contributed by atoms with Crippen molar-refractivity contribution in [3.05, 3.63) is 23.4 Å². The van der Waals surface area contributed by atoms with Crippen LogP contribution in [0.15, 0.2) is 18.3 Å². The van der Waals surface area contributed by atoms with Gasteiger partial charge in [-0.05, 0) is 18.1 Å². The first-order valence-corrected chi connectivity index (χ1v) is 5.58. The molecule has 0 aliphatic heterocycles. The summed E-state index contributed by atoms with van der Waals surface area (Å²) in [6.45, 7) is 6.79. The van der Waals surface area contributed by atoms with Gasteiger partial charge in [-0.3, -0.25) is 0 Å². The predicted octanol–water partition coefficient (Wildman–Crippen LogP) is 2.16. The first-order valence-electron chi connectivity index (χ1n) is 5.20. The van der Waals surface area contributed by atoms with Crippen LogP contribution in [0.25, 0.3) is 0 Å². The lowest BCUT2D eigenvalue weighted by atomic mass is 10.2.